The van der Waals surface area contributed by atoms with Crippen molar-refractivity contribution in [1.82, 2.24) is 4.90 Å². The Bertz CT molecular complexity index is 1150. The van der Waals surface area contributed by atoms with Crippen molar-refractivity contribution in [2.75, 3.05) is 33.6 Å². The molecule has 0 amide bonds. The Morgan fingerprint density at radius 3 is 2.62 bits per heavy atom. The predicted octanol–water partition coefficient (Wildman–Crippen LogP) is 3.63. The molecule has 1 aromatic carbocycles. The number of rotatable bonds is 8. The third-order valence-corrected chi connectivity index (χ3v) is 7.66. The van der Waals surface area contributed by atoms with Crippen LogP contribution in [0.5, 0.6) is 11.5 Å². The van der Waals surface area contributed by atoms with Gasteiger partial charge < -0.3 is 28.4 Å². The van der Waals surface area contributed by atoms with E-state index >= 15 is 0 Å². The van der Waals surface area contributed by atoms with Crippen LogP contribution in [0.3, 0.4) is 0 Å². The third kappa shape index (κ3) is 5.41. The first-order valence-corrected chi connectivity index (χ1v) is 13.0. The molecule has 0 N–H and O–H groups in total. The molecule has 12 heteroatoms. The van der Waals surface area contributed by atoms with Gasteiger partial charge in [0.2, 0.25) is 6.79 Å². The van der Waals surface area contributed by atoms with E-state index in [9.17, 15) is 22.8 Å². The smallest absolute Gasteiger partial charge is 0.422 e. The molecule has 1 aliphatic carbocycles. The topological polar surface area (TPSA) is 92.8 Å². The summed E-state index contributed by atoms with van der Waals surface area (Å²) < 4.78 is 70.6. The molecule has 3 aliphatic heterocycles. The lowest BCUT2D eigenvalue weighted by atomic mass is 9.77. The molecule has 1 fully saturated rings. The highest BCUT2D eigenvalue weighted by molar-refractivity contribution is 5.82. The summed E-state index contributed by atoms with van der Waals surface area (Å²) in [6.45, 7) is 3.33. The number of benzene rings is 1. The Kier molecular flexibility index (Phi) is 7.45. The maximum Gasteiger partial charge on any atom is 0.422 e. The average Bonchev–Trinajstić information content (AvgIpc) is 3.55. The average molecular weight is 556 g/mol. The maximum atomic E-state index is 13.5. The minimum atomic E-state index is -4.68. The maximum absolute atomic E-state index is 13.5. The van der Waals surface area contributed by atoms with Crippen molar-refractivity contribution in [3.8, 4) is 11.5 Å². The zero-order valence-corrected chi connectivity index (χ0v) is 22.0. The van der Waals surface area contributed by atoms with Crippen molar-refractivity contribution in [3.63, 3.8) is 0 Å². The van der Waals surface area contributed by atoms with Crippen molar-refractivity contribution >= 4 is 11.9 Å². The molecule has 9 nitrogen and oxygen atoms in total. The monoisotopic (exact) mass is 555 g/mol. The summed E-state index contributed by atoms with van der Waals surface area (Å²) in [5.41, 5.74) is 1.54. The Morgan fingerprint density at radius 2 is 1.92 bits per heavy atom. The molecule has 1 saturated heterocycles. The van der Waals surface area contributed by atoms with Gasteiger partial charge in [-0.3, -0.25) is 9.69 Å². The minimum absolute atomic E-state index is 0.124. The second-order valence-corrected chi connectivity index (χ2v) is 10.5. The fraction of sp³-hybridized carbons (Fsp3) is 0.630. The van der Waals surface area contributed by atoms with E-state index in [1.54, 1.807) is 13.8 Å². The molecule has 0 radical (unpaired) electrons. The Morgan fingerprint density at radius 1 is 1.18 bits per heavy atom. The molecule has 4 aliphatic rings. The summed E-state index contributed by atoms with van der Waals surface area (Å²) in [7, 11) is 1.50. The van der Waals surface area contributed by atoms with Gasteiger partial charge in [0.1, 0.15) is 5.76 Å². The van der Waals surface area contributed by atoms with Crippen LogP contribution in [0.1, 0.15) is 50.2 Å². The molecule has 0 bridgehead atoms. The second kappa shape index (κ2) is 10.5. The molecule has 39 heavy (non-hydrogen) atoms. The van der Waals surface area contributed by atoms with E-state index in [1.165, 1.54) is 7.11 Å². The predicted molar refractivity (Wildman–Crippen MR) is 129 cm³/mol. The van der Waals surface area contributed by atoms with Gasteiger partial charge in [0.05, 0.1) is 31.1 Å². The van der Waals surface area contributed by atoms with E-state index in [-0.39, 0.29) is 12.7 Å². The van der Waals surface area contributed by atoms with E-state index in [0.717, 1.165) is 43.5 Å². The zero-order valence-electron chi connectivity index (χ0n) is 22.0. The van der Waals surface area contributed by atoms with Crippen LogP contribution in [0.25, 0.3) is 0 Å². The highest BCUT2D eigenvalue weighted by Crippen LogP contribution is 2.55. The van der Waals surface area contributed by atoms with Gasteiger partial charge in [0.15, 0.2) is 30.3 Å². The van der Waals surface area contributed by atoms with Crippen molar-refractivity contribution in [3.05, 3.63) is 35.1 Å². The van der Waals surface area contributed by atoms with Crippen LogP contribution in [0, 0.1) is 0 Å². The number of alkyl halides is 3. The molecule has 0 aromatic heterocycles. The highest BCUT2D eigenvalue weighted by Gasteiger charge is 2.58. The van der Waals surface area contributed by atoms with Crippen molar-refractivity contribution < 1.29 is 51.2 Å². The highest BCUT2D eigenvalue weighted by atomic mass is 19.4. The molecule has 2 unspecified atom stereocenters. The first-order chi connectivity index (χ1) is 18.5. The zero-order chi connectivity index (χ0) is 27.9. The first-order valence-electron chi connectivity index (χ1n) is 13.0. The van der Waals surface area contributed by atoms with E-state index in [4.69, 9.17) is 23.7 Å². The van der Waals surface area contributed by atoms with Crippen LogP contribution >= 0.6 is 0 Å². The Balaban J connectivity index is 1.45. The number of hydrogen-bond donors (Lipinski definition) is 0. The van der Waals surface area contributed by atoms with Crippen molar-refractivity contribution in [1.29, 1.82) is 0 Å². The van der Waals surface area contributed by atoms with Crippen LogP contribution in [0.4, 0.5) is 13.2 Å². The molecular weight excluding hydrogens is 523 g/mol. The fourth-order valence-corrected chi connectivity index (χ4v) is 6.18. The normalized spacial score (nSPS) is 26.3. The lowest BCUT2D eigenvalue weighted by molar-refractivity contribution is -0.190. The number of halogens is 3. The molecule has 4 atom stereocenters. The van der Waals surface area contributed by atoms with Crippen molar-refractivity contribution in [2.45, 2.75) is 75.5 Å². The van der Waals surface area contributed by atoms with Crippen molar-refractivity contribution in [2.24, 2.45) is 0 Å². The molecule has 5 rings (SSSR count). The SMILES string of the molecule is COC1=CC23CCCN2CCc2cc4c(cc2[C@@H]3C1OC(=O)[C@@H](CC(=O)OCC(F)(F)F)OC(C)C)OCO4. The summed E-state index contributed by atoms with van der Waals surface area (Å²) in [5, 5.41) is 0. The van der Waals surface area contributed by atoms with Gasteiger partial charge in [-0.1, -0.05) is 0 Å². The molecule has 214 valence electrons. The quantitative estimate of drug-likeness (QED) is 0.446. The van der Waals surface area contributed by atoms with Gasteiger partial charge >= 0.3 is 18.1 Å². The lowest BCUT2D eigenvalue weighted by Crippen LogP contribution is -2.48. The number of hydrogen-bond acceptors (Lipinski definition) is 9. The lowest BCUT2D eigenvalue weighted by Gasteiger charge is -2.39. The number of ether oxygens (including phenoxy) is 6. The summed E-state index contributed by atoms with van der Waals surface area (Å²) in [5.74, 6) is -0.695. The Labute approximate surface area is 224 Å². The number of nitrogens with zero attached hydrogens (tertiary/aromatic N) is 1. The molecule has 1 spiro atoms. The minimum Gasteiger partial charge on any atom is -0.497 e. The number of carbonyl (C=O) groups excluding carboxylic acids is 2. The summed E-state index contributed by atoms with van der Waals surface area (Å²) in [6, 6.07) is 3.91. The summed E-state index contributed by atoms with van der Waals surface area (Å²) >= 11 is 0. The molecular formula is C27H32F3NO8. The number of carbonyl (C=O) groups is 2. The van der Waals surface area contributed by atoms with E-state index in [2.05, 4.69) is 9.64 Å². The number of esters is 2. The van der Waals surface area contributed by atoms with Crippen LogP contribution in [0.2, 0.25) is 0 Å². The van der Waals surface area contributed by atoms with Gasteiger partial charge in [-0.15, -0.1) is 0 Å². The van der Waals surface area contributed by atoms with Gasteiger partial charge in [-0.2, -0.15) is 13.2 Å². The standard InChI is InChI=1S/C27H32F3NO8/c1-15(2)38-20(11-22(32)35-13-27(28,29)30)25(33)39-24-21(34-3)12-26-6-4-7-31(26)8-5-16-9-18-19(37-14-36-18)10-17(16)23(24)26/h9-10,12,15,20,23-24H,4-8,11,13-14H2,1-3H3/t20-,23-,24?,26?/m1/s1. The Hall–Kier alpha value is -2.99. The number of methoxy groups -OCH3 is 1. The van der Waals surface area contributed by atoms with E-state index in [1.807, 2.05) is 18.2 Å². The molecule has 1 aromatic rings. The fourth-order valence-electron chi connectivity index (χ4n) is 6.18. The summed E-state index contributed by atoms with van der Waals surface area (Å²) in [4.78, 5) is 28.0. The van der Waals surface area contributed by atoms with Gasteiger partial charge in [0.25, 0.3) is 0 Å². The van der Waals surface area contributed by atoms with Crippen LogP contribution in [0.15, 0.2) is 24.0 Å². The van der Waals surface area contributed by atoms with Crippen LogP contribution < -0.4 is 9.47 Å². The summed E-state index contributed by atoms with van der Waals surface area (Å²) in [6.07, 6.45) is -3.65. The first kappa shape index (κ1) is 27.6. The van der Waals surface area contributed by atoms with E-state index in [0.29, 0.717) is 17.3 Å². The number of fused-ring (bicyclic) bond motifs is 3. The largest absolute Gasteiger partial charge is 0.497 e. The van der Waals surface area contributed by atoms with Gasteiger partial charge in [0, 0.05) is 6.54 Å². The van der Waals surface area contributed by atoms with Gasteiger partial charge in [-0.05, 0) is 69.0 Å². The van der Waals surface area contributed by atoms with Gasteiger partial charge in [-0.25, -0.2) is 4.79 Å². The second-order valence-electron chi connectivity index (χ2n) is 10.5. The van der Waals surface area contributed by atoms with Crippen LogP contribution in [-0.2, 0) is 35.0 Å². The van der Waals surface area contributed by atoms with Crippen LogP contribution in [-0.4, -0.2) is 80.5 Å². The third-order valence-electron chi connectivity index (χ3n) is 7.66. The molecule has 3 heterocycles. The molecule has 0 saturated carbocycles. The van der Waals surface area contributed by atoms with E-state index < -0.39 is 55.0 Å².